The smallest absolute Gasteiger partial charge is 0.225 e. The number of piperazine rings is 1. The average molecular weight is 484 g/mol. The number of carbonyl (C=O) groups is 1. The summed E-state index contributed by atoms with van der Waals surface area (Å²) < 4.78 is 5.74. The van der Waals surface area contributed by atoms with Crippen LogP contribution in [0, 0.1) is 17.2 Å². The van der Waals surface area contributed by atoms with Gasteiger partial charge in [-0.2, -0.15) is 5.26 Å². The fourth-order valence-electron chi connectivity index (χ4n) is 5.78. The molecule has 2 aliphatic carbocycles. The van der Waals surface area contributed by atoms with Gasteiger partial charge in [0.2, 0.25) is 5.91 Å². The first-order valence-corrected chi connectivity index (χ1v) is 13.3. The lowest BCUT2D eigenvalue weighted by molar-refractivity contribution is -0.136. The third-order valence-electron chi connectivity index (χ3n) is 8.05. The van der Waals surface area contributed by atoms with Crippen molar-refractivity contribution in [2.24, 2.45) is 5.92 Å². The van der Waals surface area contributed by atoms with Crippen LogP contribution in [-0.4, -0.2) is 59.2 Å². The van der Waals surface area contributed by atoms with Gasteiger partial charge >= 0.3 is 0 Å². The molecule has 4 aliphatic rings. The fourth-order valence-corrected chi connectivity index (χ4v) is 5.78. The van der Waals surface area contributed by atoms with Crippen molar-refractivity contribution in [3.05, 3.63) is 47.9 Å². The van der Waals surface area contributed by atoms with Gasteiger partial charge in [0.05, 0.1) is 35.5 Å². The zero-order valence-electron chi connectivity index (χ0n) is 20.7. The molecule has 0 spiro atoms. The molecule has 0 aromatic carbocycles. The lowest BCUT2D eigenvalue weighted by atomic mass is 9.98. The summed E-state index contributed by atoms with van der Waals surface area (Å²) in [4.78, 5) is 27.1. The van der Waals surface area contributed by atoms with Gasteiger partial charge in [0.25, 0.3) is 0 Å². The summed E-state index contributed by atoms with van der Waals surface area (Å²) in [5.74, 6) is 1.97. The Morgan fingerprint density at radius 3 is 2.78 bits per heavy atom. The summed E-state index contributed by atoms with van der Waals surface area (Å²) in [6, 6.07) is 8.61. The van der Waals surface area contributed by atoms with Crippen molar-refractivity contribution in [3.8, 4) is 17.2 Å². The van der Waals surface area contributed by atoms with Gasteiger partial charge in [0.15, 0.2) is 0 Å². The standard InChI is InChI=1S/C29H33N5O2/c1-2-23-14-21(9-10-31-23)25-15-22(17-30)29(32-28(25)20-7-8-20)33-11-12-34(26(18-33)19-5-6-19)27(35)16-24-4-3-13-36-24/h2,9-10,14-15,19-20,24,26H,1,3-8,11-13,16,18H2. The molecule has 1 amide bonds. The van der Waals surface area contributed by atoms with Crippen molar-refractivity contribution >= 4 is 17.8 Å². The zero-order valence-corrected chi connectivity index (χ0v) is 20.7. The van der Waals surface area contributed by atoms with E-state index in [1.54, 1.807) is 12.3 Å². The second-order valence-corrected chi connectivity index (χ2v) is 10.6. The minimum absolute atomic E-state index is 0.0747. The molecule has 2 atom stereocenters. The van der Waals surface area contributed by atoms with E-state index >= 15 is 0 Å². The van der Waals surface area contributed by atoms with E-state index in [1.165, 1.54) is 12.8 Å². The van der Waals surface area contributed by atoms with E-state index in [0.717, 1.165) is 67.2 Å². The van der Waals surface area contributed by atoms with Crippen LogP contribution in [0.5, 0.6) is 0 Å². The lowest BCUT2D eigenvalue weighted by Gasteiger charge is -2.43. The number of rotatable bonds is 7. The van der Waals surface area contributed by atoms with Crippen LogP contribution in [0.4, 0.5) is 5.82 Å². The van der Waals surface area contributed by atoms with E-state index in [2.05, 4.69) is 27.4 Å². The molecule has 2 aromatic heterocycles. The second kappa shape index (κ2) is 9.67. The monoisotopic (exact) mass is 483 g/mol. The third-order valence-corrected chi connectivity index (χ3v) is 8.05. The minimum Gasteiger partial charge on any atom is -0.378 e. The number of hydrogen-bond acceptors (Lipinski definition) is 6. The molecule has 0 radical (unpaired) electrons. The van der Waals surface area contributed by atoms with Gasteiger partial charge in [0.1, 0.15) is 11.9 Å². The Bertz CT molecular complexity index is 1210. The van der Waals surface area contributed by atoms with Crippen molar-refractivity contribution < 1.29 is 9.53 Å². The average Bonchev–Trinajstić information content (AvgIpc) is 3.86. The van der Waals surface area contributed by atoms with Gasteiger partial charge in [-0.05, 0) is 74.3 Å². The quantitative estimate of drug-likeness (QED) is 0.575. The van der Waals surface area contributed by atoms with Crippen LogP contribution in [0.3, 0.4) is 0 Å². The molecule has 4 heterocycles. The van der Waals surface area contributed by atoms with Gasteiger partial charge < -0.3 is 14.5 Å². The summed E-state index contributed by atoms with van der Waals surface area (Å²) in [5, 5.41) is 10.1. The highest BCUT2D eigenvalue weighted by atomic mass is 16.5. The molecule has 7 heteroatoms. The van der Waals surface area contributed by atoms with Crippen LogP contribution in [-0.2, 0) is 9.53 Å². The van der Waals surface area contributed by atoms with Crippen LogP contribution in [0.1, 0.15) is 67.8 Å². The van der Waals surface area contributed by atoms with E-state index in [-0.39, 0.29) is 18.1 Å². The highest BCUT2D eigenvalue weighted by molar-refractivity contribution is 5.78. The predicted molar refractivity (Wildman–Crippen MR) is 138 cm³/mol. The van der Waals surface area contributed by atoms with Crippen molar-refractivity contribution in [2.45, 2.75) is 63.0 Å². The molecule has 0 bridgehead atoms. The Labute approximate surface area is 212 Å². The third kappa shape index (κ3) is 4.62. The SMILES string of the molecule is C=Cc1cc(-c2cc(C#N)c(N3CCN(C(=O)CC4CCCO4)C(C4CC4)C3)nc2C2CC2)ccn1. The highest BCUT2D eigenvalue weighted by Gasteiger charge is 2.42. The minimum atomic E-state index is 0.0747. The number of anilines is 1. The van der Waals surface area contributed by atoms with Crippen LogP contribution >= 0.6 is 0 Å². The Hall–Kier alpha value is -3.24. The molecule has 2 aromatic rings. The molecule has 6 rings (SSSR count). The van der Waals surface area contributed by atoms with Gasteiger partial charge in [-0.1, -0.05) is 6.58 Å². The lowest BCUT2D eigenvalue weighted by Crippen LogP contribution is -2.57. The van der Waals surface area contributed by atoms with Crippen LogP contribution in [0.2, 0.25) is 0 Å². The van der Waals surface area contributed by atoms with Crippen LogP contribution in [0.25, 0.3) is 17.2 Å². The maximum atomic E-state index is 13.2. The van der Waals surface area contributed by atoms with E-state index in [1.807, 2.05) is 18.2 Å². The first-order chi connectivity index (χ1) is 17.6. The summed E-state index contributed by atoms with van der Waals surface area (Å²) in [7, 11) is 0. The maximum absolute atomic E-state index is 13.2. The summed E-state index contributed by atoms with van der Waals surface area (Å²) in [6.07, 6.45) is 10.7. The van der Waals surface area contributed by atoms with Crippen molar-refractivity contribution in [2.75, 3.05) is 31.1 Å². The highest BCUT2D eigenvalue weighted by Crippen LogP contribution is 2.45. The van der Waals surface area contributed by atoms with Gasteiger partial charge in [0, 0.05) is 43.9 Å². The number of nitriles is 1. The fraction of sp³-hybridized carbons (Fsp3) is 0.517. The van der Waals surface area contributed by atoms with Gasteiger partial charge in [-0.25, -0.2) is 4.98 Å². The molecule has 2 saturated carbocycles. The Morgan fingerprint density at radius 1 is 1.22 bits per heavy atom. The van der Waals surface area contributed by atoms with Gasteiger partial charge in [-0.3, -0.25) is 9.78 Å². The molecule has 186 valence electrons. The number of pyridine rings is 2. The van der Waals surface area contributed by atoms with Crippen molar-refractivity contribution in [1.82, 2.24) is 14.9 Å². The van der Waals surface area contributed by atoms with Crippen LogP contribution in [0.15, 0.2) is 31.0 Å². The topological polar surface area (TPSA) is 82.4 Å². The molecular formula is C29H33N5O2. The molecule has 0 N–H and O–H groups in total. The van der Waals surface area contributed by atoms with Crippen molar-refractivity contribution in [1.29, 1.82) is 5.26 Å². The molecule has 2 aliphatic heterocycles. The summed E-state index contributed by atoms with van der Waals surface area (Å²) in [5.41, 5.74) is 4.53. The number of nitrogens with zero attached hydrogens (tertiary/aromatic N) is 5. The van der Waals surface area contributed by atoms with E-state index in [9.17, 15) is 10.1 Å². The normalized spacial score (nSPS) is 24.0. The summed E-state index contributed by atoms with van der Waals surface area (Å²) >= 11 is 0. The van der Waals surface area contributed by atoms with Crippen LogP contribution < -0.4 is 4.90 Å². The summed E-state index contributed by atoms with van der Waals surface area (Å²) in [6.45, 7) is 6.73. The van der Waals surface area contributed by atoms with E-state index in [4.69, 9.17) is 9.72 Å². The number of hydrogen-bond donors (Lipinski definition) is 0. The zero-order chi connectivity index (χ0) is 24.6. The number of aromatic nitrogens is 2. The van der Waals surface area contributed by atoms with E-state index < -0.39 is 0 Å². The second-order valence-electron chi connectivity index (χ2n) is 10.6. The van der Waals surface area contributed by atoms with Crippen molar-refractivity contribution in [3.63, 3.8) is 0 Å². The van der Waals surface area contributed by atoms with Gasteiger partial charge in [-0.15, -0.1) is 0 Å². The molecule has 7 nitrogen and oxygen atoms in total. The largest absolute Gasteiger partial charge is 0.378 e. The predicted octanol–water partition coefficient (Wildman–Crippen LogP) is 4.53. The molecule has 2 unspecified atom stereocenters. The first kappa shape index (κ1) is 23.2. The number of ether oxygens (including phenoxy) is 1. The Balaban J connectivity index is 1.29. The number of carbonyl (C=O) groups excluding carboxylic acids is 1. The maximum Gasteiger partial charge on any atom is 0.225 e. The Kier molecular flexibility index (Phi) is 6.22. The molecule has 4 fully saturated rings. The van der Waals surface area contributed by atoms with E-state index in [0.29, 0.717) is 36.9 Å². The Morgan fingerprint density at radius 2 is 2.08 bits per heavy atom. The molecular weight excluding hydrogens is 450 g/mol. The number of amides is 1. The molecule has 2 saturated heterocycles. The first-order valence-electron chi connectivity index (χ1n) is 13.3. The molecule has 36 heavy (non-hydrogen) atoms.